The summed E-state index contributed by atoms with van der Waals surface area (Å²) in [6.45, 7) is 7.27. The van der Waals surface area contributed by atoms with E-state index in [2.05, 4.69) is 38.0 Å². The Morgan fingerprint density at radius 3 is 2.52 bits per heavy atom. The highest BCUT2D eigenvalue weighted by atomic mass is 16.5. The maximum absolute atomic E-state index is 5.72. The SMILES string of the molecule is CO[C@@H](C)COc1cc(-c2ccc(N3CCN(Cc4ccccn4)CC3)nc2)ccn1. The molecule has 0 saturated carbocycles. The summed E-state index contributed by atoms with van der Waals surface area (Å²) in [5, 5.41) is 0. The monoisotopic (exact) mass is 419 g/mol. The van der Waals surface area contributed by atoms with Crippen LogP contribution in [-0.4, -0.2) is 65.9 Å². The van der Waals surface area contributed by atoms with E-state index in [1.807, 2.05) is 43.6 Å². The Labute approximate surface area is 183 Å². The number of piperazine rings is 1. The van der Waals surface area contributed by atoms with Crippen LogP contribution in [0.2, 0.25) is 0 Å². The van der Waals surface area contributed by atoms with Crippen molar-refractivity contribution in [2.45, 2.75) is 19.6 Å². The molecule has 0 aromatic carbocycles. The molecule has 0 aliphatic carbocycles. The lowest BCUT2D eigenvalue weighted by Gasteiger charge is -2.35. The highest BCUT2D eigenvalue weighted by Gasteiger charge is 2.18. The van der Waals surface area contributed by atoms with E-state index in [-0.39, 0.29) is 6.10 Å². The van der Waals surface area contributed by atoms with Crippen LogP contribution in [0.1, 0.15) is 12.6 Å². The summed E-state index contributed by atoms with van der Waals surface area (Å²) in [6.07, 6.45) is 5.56. The summed E-state index contributed by atoms with van der Waals surface area (Å²) in [4.78, 5) is 18.2. The van der Waals surface area contributed by atoms with E-state index in [4.69, 9.17) is 14.5 Å². The predicted octanol–water partition coefficient (Wildman–Crippen LogP) is 3.27. The lowest BCUT2D eigenvalue weighted by Crippen LogP contribution is -2.46. The number of hydrogen-bond donors (Lipinski definition) is 0. The van der Waals surface area contributed by atoms with Crippen molar-refractivity contribution < 1.29 is 9.47 Å². The van der Waals surface area contributed by atoms with Crippen molar-refractivity contribution in [2.24, 2.45) is 0 Å². The van der Waals surface area contributed by atoms with Crippen LogP contribution in [0.4, 0.5) is 5.82 Å². The Balaban J connectivity index is 1.33. The third-order valence-electron chi connectivity index (χ3n) is 5.49. The van der Waals surface area contributed by atoms with Crippen molar-refractivity contribution in [1.82, 2.24) is 19.9 Å². The first-order valence-electron chi connectivity index (χ1n) is 10.7. The topological polar surface area (TPSA) is 63.6 Å². The van der Waals surface area contributed by atoms with Crippen molar-refractivity contribution in [3.05, 3.63) is 66.7 Å². The zero-order chi connectivity index (χ0) is 21.5. The molecule has 0 spiro atoms. The van der Waals surface area contributed by atoms with Crippen LogP contribution in [0, 0.1) is 0 Å². The second kappa shape index (κ2) is 10.3. The molecule has 31 heavy (non-hydrogen) atoms. The van der Waals surface area contributed by atoms with Gasteiger partial charge in [0.05, 0.1) is 11.8 Å². The molecule has 3 aromatic rings. The molecule has 0 radical (unpaired) electrons. The molecule has 4 rings (SSSR count). The normalized spacial score (nSPS) is 15.6. The summed E-state index contributed by atoms with van der Waals surface area (Å²) >= 11 is 0. The average Bonchev–Trinajstić information content (AvgIpc) is 2.84. The van der Waals surface area contributed by atoms with Crippen LogP contribution in [0.25, 0.3) is 11.1 Å². The molecule has 0 N–H and O–H groups in total. The average molecular weight is 420 g/mol. The summed E-state index contributed by atoms with van der Waals surface area (Å²) in [6, 6.07) is 14.2. The van der Waals surface area contributed by atoms with E-state index in [1.165, 1.54) is 0 Å². The van der Waals surface area contributed by atoms with Gasteiger partial charge in [-0.25, -0.2) is 9.97 Å². The van der Waals surface area contributed by atoms with Gasteiger partial charge in [-0.3, -0.25) is 9.88 Å². The minimum absolute atomic E-state index is 0.0239. The number of ether oxygens (including phenoxy) is 2. The summed E-state index contributed by atoms with van der Waals surface area (Å²) < 4.78 is 10.9. The van der Waals surface area contributed by atoms with Crippen LogP contribution >= 0.6 is 0 Å². The van der Waals surface area contributed by atoms with Gasteiger partial charge in [0.15, 0.2) is 0 Å². The fourth-order valence-corrected chi connectivity index (χ4v) is 3.54. The number of anilines is 1. The van der Waals surface area contributed by atoms with Gasteiger partial charge in [-0.1, -0.05) is 6.07 Å². The Bertz CT molecular complexity index is 944. The molecule has 4 heterocycles. The third-order valence-corrected chi connectivity index (χ3v) is 5.49. The molecule has 7 heteroatoms. The van der Waals surface area contributed by atoms with Crippen molar-refractivity contribution in [2.75, 3.05) is 44.8 Å². The van der Waals surface area contributed by atoms with Crippen LogP contribution in [0.3, 0.4) is 0 Å². The smallest absolute Gasteiger partial charge is 0.213 e. The number of nitrogens with zero attached hydrogens (tertiary/aromatic N) is 5. The number of rotatable bonds is 8. The molecule has 3 aromatic heterocycles. The molecule has 1 fully saturated rings. The lowest BCUT2D eigenvalue weighted by molar-refractivity contribution is 0.0699. The molecule has 1 saturated heterocycles. The molecule has 1 aliphatic rings. The van der Waals surface area contributed by atoms with E-state index in [9.17, 15) is 0 Å². The number of aromatic nitrogens is 3. The third kappa shape index (κ3) is 5.77. The predicted molar refractivity (Wildman–Crippen MR) is 121 cm³/mol. The van der Waals surface area contributed by atoms with Gasteiger partial charge in [-0.15, -0.1) is 0 Å². The minimum Gasteiger partial charge on any atom is -0.475 e. The number of hydrogen-bond acceptors (Lipinski definition) is 7. The Hall–Kier alpha value is -3.03. The molecule has 162 valence electrons. The number of pyridine rings is 3. The fourth-order valence-electron chi connectivity index (χ4n) is 3.54. The van der Waals surface area contributed by atoms with Crippen LogP contribution in [0.5, 0.6) is 5.88 Å². The first-order chi connectivity index (χ1) is 15.2. The van der Waals surface area contributed by atoms with Crippen molar-refractivity contribution in [3.63, 3.8) is 0 Å². The van der Waals surface area contributed by atoms with Gasteiger partial charge in [0, 0.05) is 70.1 Å². The Morgan fingerprint density at radius 1 is 0.935 bits per heavy atom. The zero-order valence-electron chi connectivity index (χ0n) is 18.1. The van der Waals surface area contributed by atoms with Gasteiger partial charge in [0.25, 0.3) is 0 Å². The molecular weight excluding hydrogens is 390 g/mol. The van der Waals surface area contributed by atoms with Gasteiger partial charge in [-0.2, -0.15) is 0 Å². The second-order valence-electron chi connectivity index (χ2n) is 7.73. The first kappa shape index (κ1) is 21.2. The molecule has 0 bridgehead atoms. The van der Waals surface area contributed by atoms with Gasteiger partial charge < -0.3 is 14.4 Å². The summed E-state index contributed by atoms with van der Waals surface area (Å²) in [5.41, 5.74) is 3.20. The molecule has 0 unspecified atom stereocenters. The lowest BCUT2D eigenvalue weighted by atomic mass is 10.1. The van der Waals surface area contributed by atoms with E-state index in [1.54, 1.807) is 13.3 Å². The van der Waals surface area contributed by atoms with E-state index in [0.717, 1.165) is 55.4 Å². The highest BCUT2D eigenvalue weighted by Crippen LogP contribution is 2.24. The number of methoxy groups -OCH3 is 1. The second-order valence-corrected chi connectivity index (χ2v) is 7.73. The molecule has 7 nitrogen and oxygen atoms in total. The van der Waals surface area contributed by atoms with Gasteiger partial charge in [0.2, 0.25) is 5.88 Å². The fraction of sp³-hybridized carbons (Fsp3) is 0.375. The first-order valence-corrected chi connectivity index (χ1v) is 10.7. The molecular formula is C24H29N5O2. The van der Waals surface area contributed by atoms with E-state index >= 15 is 0 Å². The maximum Gasteiger partial charge on any atom is 0.213 e. The summed E-state index contributed by atoms with van der Waals surface area (Å²) in [5.74, 6) is 1.61. The Kier molecular flexibility index (Phi) is 7.07. The molecule has 1 aliphatic heterocycles. The molecule has 1 atom stereocenters. The quantitative estimate of drug-likeness (QED) is 0.555. The van der Waals surface area contributed by atoms with Gasteiger partial charge in [0.1, 0.15) is 12.4 Å². The van der Waals surface area contributed by atoms with Crippen molar-refractivity contribution in [3.8, 4) is 17.0 Å². The molecule has 0 amide bonds. The minimum atomic E-state index is 0.0239. The van der Waals surface area contributed by atoms with Gasteiger partial charge in [-0.05, 0) is 42.8 Å². The summed E-state index contributed by atoms with van der Waals surface area (Å²) in [7, 11) is 1.67. The maximum atomic E-state index is 5.72. The largest absolute Gasteiger partial charge is 0.475 e. The van der Waals surface area contributed by atoms with Crippen LogP contribution in [0.15, 0.2) is 61.1 Å². The van der Waals surface area contributed by atoms with Crippen molar-refractivity contribution in [1.29, 1.82) is 0 Å². The Morgan fingerprint density at radius 2 is 1.81 bits per heavy atom. The van der Waals surface area contributed by atoms with Crippen LogP contribution in [-0.2, 0) is 11.3 Å². The highest BCUT2D eigenvalue weighted by molar-refractivity contribution is 5.64. The van der Waals surface area contributed by atoms with Crippen LogP contribution < -0.4 is 9.64 Å². The zero-order valence-corrected chi connectivity index (χ0v) is 18.1. The van der Waals surface area contributed by atoms with E-state index in [0.29, 0.717) is 12.5 Å². The van der Waals surface area contributed by atoms with Gasteiger partial charge >= 0.3 is 0 Å². The van der Waals surface area contributed by atoms with Crippen molar-refractivity contribution >= 4 is 5.82 Å². The van der Waals surface area contributed by atoms with E-state index < -0.39 is 0 Å². The standard InChI is InChI=1S/C24H29N5O2/c1-19(30-2)18-31-24-15-20(8-10-26-24)21-6-7-23(27-16-21)29-13-11-28(12-14-29)17-22-5-3-4-9-25-22/h3-10,15-16,19H,11-14,17-18H2,1-2H3/t19-/m0/s1.